The van der Waals surface area contributed by atoms with Crippen LogP contribution < -0.4 is 14.8 Å². The minimum atomic E-state index is -4.68. The van der Waals surface area contributed by atoms with Crippen LogP contribution in [0.2, 0.25) is 0 Å². The third kappa shape index (κ3) is 7.29. The molecule has 3 aromatic rings. The number of hydrogen-bond donors (Lipinski definition) is 2. The molecule has 1 heterocycles. The van der Waals surface area contributed by atoms with Crippen LogP contribution in [-0.2, 0) is 34.1 Å². The minimum Gasteiger partial charge on any atom is -0.493 e. The maximum absolute atomic E-state index is 14.5. The molecular formula is C26H27F4N3O4S. The Kier molecular flexibility index (Phi) is 9.10. The van der Waals surface area contributed by atoms with Gasteiger partial charge in [-0.05, 0) is 49.2 Å². The van der Waals surface area contributed by atoms with Crippen LogP contribution in [0, 0.1) is 5.82 Å². The second-order valence-corrected chi connectivity index (χ2v) is 10.3. The molecule has 1 amide bonds. The molecule has 0 aliphatic carbocycles. The summed E-state index contributed by atoms with van der Waals surface area (Å²) in [6.07, 6.45) is -3.75. The third-order valence-electron chi connectivity index (χ3n) is 5.69. The van der Waals surface area contributed by atoms with Gasteiger partial charge in [0.05, 0.1) is 24.5 Å². The molecule has 38 heavy (non-hydrogen) atoms. The Hall–Kier alpha value is -3.51. The Morgan fingerprint density at radius 1 is 1.05 bits per heavy atom. The van der Waals surface area contributed by atoms with Crippen LogP contribution in [0.4, 0.5) is 17.6 Å². The number of aromatic nitrogens is 1. The lowest BCUT2D eigenvalue weighted by Gasteiger charge is -2.19. The van der Waals surface area contributed by atoms with Crippen LogP contribution in [0.3, 0.4) is 0 Å². The smallest absolute Gasteiger partial charge is 0.433 e. The average molecular weight is 554 g/mol. The summed E-state index contributed by atoms with van der Waals surface area (Å²) in [7, 11) is -3.62. The van der Waals surface area contributed by atoms with Crippen LogP contribution in [0.1, 0.15) is 42.1 Å². The van der Waals surface area contributed by atoms with Crippen molar-refractivity contribution in [2.45, 2.75) is 39.0 Å². The van der Waals surface area contributed by atoms with E-state index in [4.69, 9.17) is 4.74 Å². The number of rotatable bonds is 10. The zero-order valence-corrected chi connectivity index (χ0v) is 21.7. The highest BCUT2D eigenvalue weighted by atomic mass is 32.2. The van der Waals surface area contributed by atoms with E-state index >= 15 is 0 Å². The predicted molar refractivity (Wildman–Crippen MR) is 134 cm³/mol. The monoisotopic (exact) mass is 553 g/mol. The van der Waals surface area contributed by atoms with Crippen LogP contribution >= 0.6 is 0 Å². The van der Waals surface area contributed by atoms with Crippen molar-refractivity contribution in [1.29, 1.82) is 0 Å². The van der Waals surface area contributed by atoms with Gasteiger partial charge >= 0.3 is 6.18 Å². The van der Waals surface area contributed by atoms with Crippen molar-refractivity contribution < 1.29 is 35.5 Å². The Morgan fingerprint density at radius 3 is 2.42 bits per heavy atom. The van der Waals surface area contributed by atoms with Crippen LogP contribution in [-0.4, -0.2) is 32.2 Å². The number of pyridine rings is 1. The number of carbonyl (C=O) groups is 1. The van der Waals surface area contributed by atoms with Crippen LogP contribution in [0.15, 0.2) is 54.6 Å². The molecule has 3 rings (SSSR count). The highest BCUT2D eigenvalue weighted by molar-refractivity contribution is 7.88. The lowest BCUT2D eigenvalue weighted by atomic mass is 9.94. The van der Waals surface area contributed by atoms with E-state index in [-0.39, 0.29) is 36.5 Å². The van der Waals surface area contributed by atoms with Gasteiger partial charge in [-0.2, -0.15) is 13.2 Å². The van der Waals surface area contributed by atoms with Gasteiger partial charge in [-0.3, -0.25) is 4.79 Å². The molecule has 1 aromatic heterocycles. The quantitative estimate of drug-likeness (QED) is 0.353. The Bertz CT molecular complexity index is 1410. The fourth-order valence-electron chi connectivity index (χ4n) is 3.81. The lowest BCUT2D eigenvalue weighted by Crippen LogP contribution is -2.29. The normalized spacial score (nSPS) is 12.7. The SMILES string of the molecule is CCOc1ccccc1-c1nc(C(F)(F)F)ccc1CNC(=O)C(C)c1cccc(F)c1CNS(C)(=O)=O. The molecule has 204 valence electrons. The number of sulfonamides is 1. The van der Waals surface area contributed by atoms with E-state index in [1.165, 1.54) is 25.1 Å². The Balaban J connectivity index is 1.91. The molecule has 0 bridgehead atoms. The van der Waals surface area contributed by atoms with Crippen molar-refractivity contribution in [3.63, 3.8) is 0 Å². The van der Waals surface area contributed by atoms with Crippen molar-refractivity contribution in [2.24, 2.45) is 0 Å². The summed E-state index contributed by atoms with van der Waals surface area (Å²) in [6.45, 7) is 3.02. The van der Waals surface area contributed by atoms with Gasteiger partial charge in [0, 0.05) is 24.2 Å². The number of alkyl halides is 3. The molecule has 2 N–H and O–H groups in total. The molecule has 0 aliphatic heterocycles. The van der Waals surface area contributed by atoms with Gasteiger partial charge in [0.25, 0.3) is 0 Å². The highest BCUT2D eigenvalue weighted by Crippen LogP contribution is 2.35. The first-order chi connectivity index (χ1) is 17.8. The summed E-state index contributed by atoms with van der Waals surface area (Å²) in [5.74, 6) is -1.78. The third-order valence-corrected chi connectivity index (χ3v) is 6.36. The summed E-state index contributed by atoms with van der Waals surface area (Å²) in [4.78, 5) is 16.9. The van der Waals surface area contributed by atoms with Crippen LogP contribution in [0.5, 0.6) is 5.75 Å². The molecule has 0 aliphatic rings. The first-order valence-electron chi connectivity index (χ1n) is 11.6. The van der Waals surface area contributed by atoms with Crippen molar-refractivity contribution in [2.75, 3.05) is 12.9 Å². The first-order valence-corrected chi connectivity index (χ1v) is 13.5. The highest BCUT2D eigenvalue weighted by Gasteiger charge is 2.33. The molecule has 0 saturated heterocycles. The predicted octanol–water partition coefficient (Wildman–Crippen LogP) is 4.77. The standard InChI is InChI=1S/C26H27F4N3O4S/c1-4-37-22-11-6-5-8-19(22)24-17(12-13-23(33-24)26(28,29)30)14-31-25(34)16(2)18-9-7-10-21(27)20(18)15-32-38(3,35)36/h5-13,16,32H,4,14-15H2,1-3H3,(H,31,34). The summed E-state index contributed by atoms with van der Waals surface area (Å²) in [6, 6.07) is 12.7. The number of carbonyl (C=O) groups excluding carboxylic acids is 1. The molecule has 0 radical (unpaired) electrons. The van der Waals surface area contributed by atoms with Gasteiger partial charge in [-0.25, -0.2) is 22.5 Å². The summed E-state index contributed by atoms with van der Waals surface area (Å²) < 4.78 is 85.6. The van der Waals surface area contributed by atoms with Crippen molar-refractivity contribution in [3.05, 3.63) is 82.8 Å². The van der Waals surface area contributed by atoms with Gasteiger partial charge in [0.15, 0.2) is 0 Å². The molecule has 2 aromatic carbocycles. The second kappa shape index (κ2) is 11.9. The number of ether oxygens (including phenoxy) is 1. The molecule has 12 heteroatoms. The Morgan fingerprint density at radius 2 is 1.76 bits per heavy atom. The summed E-state index contributed by atoms with van der Waals surface area (Å²) in [5.41, 5.74) is -0.166. The molecule has 0 spiro atoms. The van der Waals surface area contributed by atoms with Crippen LogP contribution in [0.25, 0.3) is 11.3 Å². The largest absolute Gasteiger partial charge is 0.493 e. The molecule has 1 atom stereocenters. The lowest BCUT2D eigenvalue weighted by molar-refractivity contribution is -0.141. The van der Waals surface area contributed by atoms with E-state index in [1.807, 2.05) is 0 Å². The Labute approximate surface area is 218 Å². The van der Waals surface area contributed by atoms with Crippen molar-refractivity contribution in [1.82, 2.24) is 15.0 Å². The fraction of sp³-hybridized carbons (Fsp3) is 0.308. The molecular weight excluding hydrogens is 526 g/mol. The maximum Gasteiger partial charge on any atom is 0.433 e. The maximum atomic E-state index is 14.5. The second-order valence-electron chi connectivity index (χ2n) is 8.47. The number of hydrogen-bond acceptors (Lipinski definition) is 5. The van der Waals surface area contributed by atoms with E-state index < -0.39 is 39.5 Å². The number of halogens is 4. The summed E-state index contributed by atoms with van der Waals surface area (Å²) >= 11 is 0. The van der Waals surface area contributed by atoms with E-state index in [2.05, 4.69) is 15.0 Å². The van der Waals surface area contributed by atoms with E-state index in [0.29, 0.717) is 16.9 Å². The van der Waals surface area contributed by atoms with E-state index in [9.17, 15) is 30.8 Å². The van der Waals surface area contributed by atoms with Gasteiger partial charge in [0.1, 0.15) is 17.3 Å². The van der Waals surface area contributed by atoms with Crippen molar-refractivity contribution >= 4 is 15.9 Å². The fourth-order valence-corrected chi connectivity index (χ4v) is 4.22. The number of para-hydroxylation sites is 1. The number of benzene rings is 2. The topological polar surface area (TPSA) is 97.4 Å². The molecule has 0 fully saturated rings. The zero-order valence-electron chi connectivity index (χ0n) is 20.9. The van der Waals surface area contributed by atoms with Gasteiger partial charge in [-0.15, -0.1) is 0 Å². The van der Waals surface area contributed by atoms with Gasteiger partial charge in [0.2, 0.25) is 15.9 Å². The molecule has 1 unspecified atom stereocenters. The number of nitrogens with one attached hydrogen (secondary N) is 2. The van der Waals surface area contributed by atoms with Crippen molar-refractivity contribution in [3.8, 4) is 17.0 Å². The number of nitrogens with zero attached hydrogens (tertiary/aromatic N) is 1. The first kappa shape index (κ1) is 29.1. The molecule has 0 saturated carbocycles. The average Bonchev–Trinajstić information content (AvgIpc) is 2.85. The number of amides is 1. The van der Waals surface area contributed by atoms with E-state index in [0.717, 1.165) is 18.4 Å². The van der Waals surface area contributed by atoms with Gasteiger partial charge < -0.3 is 10.1 Å². The van der Waals surface area contributed by atoms with E-state index in [1.54, 1.807) is 31.2 Å². The van der Waals surface area contributed by atoms with Gasteiger partial charge in [-0.1, -0.05) is 30.3 Å². The minimum absolute atomic E-state index is 0.000579. The summed E-state index contributed by atoms with van der Waals surface area (Å²) in [5, 5.41) is 2.67. The molecule has 7 nitrogen and oxygen atoms in total. The zero-order chi connectivity index (χ0) is 28.1.